The van der Waals surface area contributed by atoms with Crippen molar-refractivity contribution in [2.75, 3.05) is 10.6 Å². The molecule has 2 heterocycles. The van der Waals surface area contributed by atoms with Gasteiger partial charge in [-0.05, 0) is 67.1 Å². The predicted octanol–water partition coefficient (Wildman–Crippen LogP) is 4.71. The summed E-state index contributed by atoms with van der Waals surface area (Å²) in [6, 6.07) is 19.7. The zero-order chi connectivity index (χ0) is 21.6. The average molecular weight is 406 g/mol. The molecule has 2 N–H and O–H groups in total. The molecule has 4 aromatic rings. The highest BCUT2D eigenvalue weighted by atomic mass is 16.1. The summed E-state index contributed by atoms with van der Waals surface area (Å²) in [6.07, 6.45) is 5.14. The van der Waals surface area contributed by atoms with Crippen LogP contribution in [0.5, 0.6) is 0 Å². The molecular weight excluding hydrogens is 388 g/mol. The van der Waals surface area contributed by atoms with Gasteiger partial charge in [0.05, 0.1) is 17.3 Å². The number of pyridine rings is 1. The van der Waals surface area contributed by atoms with Crippen LogP contribution in [0.1, 0.15) is 21.5 Å². The minimum atomic E-state index is -0.255. The number of rotatable bonds is 5. The van der Waals surface area contributed by atoms with Crippen molar-refractivity contribution in [2.45, 2.75) is 6.92 Å². The maximum absolute atomic E-state index is 12.5. The molecule has 4 rings (SSSR count). The zero-order valence-corrected chi connectivity index (χ0v) is 16.7. The van der Waals surface area contributed by atoms with E-state index in [1.165, 1.54) is 0 Å². The van der Waals surface area contributed by atoms with E-state index in [9.17, 15) is 4.79 Å². The van der Waals surface area contributed by atoms with Crippen LogP contribution in [0.3, 0.4) is 0 Å². The molecule has 0 saturated carbocycles. The fourth-order valence-corrected chi connectivity index (χ4v) is 2.95. The van der Waals surface area contributed by atoms with Gasteiger partial charge in [0.15, 0.2) is 0 Å². The van der Waals surface area contributed by atoms with E-state index in [0.717, 1.165) is 22.5 Å². The second-order valence-electron chi connectivity index (χ2n) is 6.81. The monoisotopic (exact) mass is 406 g/mol. The number of carbonyl (C=O) groups excluding carboxylic acids is 1. The van der Waals surface area contributed by atoms with Crippen LogP contribution in [-0.2, 0) is 0 Å². The molecule has 0 unspecified atom stereocenters. The SMILES string of the molecule is Cc1ccc(NC(=O)c2ccc(C#N)cc2)cc1Nc1nccc(-c2cccnc2)n1. The first kappa shape index (κ1) is 19.7. The minimum absolute atomic E-state index is 0.255. The van der Waals surface area contributed by atoms with Crippen molar-refractivity contribution in [2.24, 2.45) is 0 Å². The summed E-state index contributed by atoms with van der Waals surface area (Å²) in [7, 11) is 0. The van der Waals surface area contributed by atoms with Gasteiger partial charge in [0, 0.05) is 41.1 Å². The molecule has 2 aromatic carbocycles. The third kappa shape index (κ3) is 4.71. The molecule has 7 heteroatoms. The summed E-state index contributed by atoms with van der Waals surface area (Å²) >= 11 is 0. The molecule has 0 aliphatic rings. The molecule has 0 fully saturated rings. The lowest BCUT2D eigenvalue weighted by Crippen LogP contribution is -2.12. The van der Waals surface area contributed by atoms with Crippen molar-refractivity contribution >= 4 is 23.2 Å². The van der Waals surface area contributed by atoms with Gasteiger partial charge in [-0.2, -0.15) is 5.26 Å². The van der Waals surface area contributed by atoms with Crippen LogP contribution in [0.25, 0.3) is 11.3 Å². The highest BCUT2D eigenvalue weighted by molar-refractivity contribution is 6.04. The zero-order valence-electron chi connectivity index (χ0n) is 16.7. The molecule has 0 spiro atoms. The molecule has 0 atom stereocenters. The molecule has 0 aliphatic carbocycles. The van der Waals surface area contributed by atoms with Gasteiger partial charge in [-0.25, -0.2) is 9.97 Å². The number of hydrogen-bond donors (Lipinski definition) is 2. The summed E-state index contributed by atoms with van der Waals surface area (Å²) in [5.74, 6) is 0.189. The number of amides is 1. The first-order valence-electron chi connectivity index (χ1n) is 9.55. The Bertz CT molecular complexity index is 1260. The van der Waals surface area contributed by atoms with Crippen LogP contribution in [-0.4, -0.2) is 20.9 Å². The van der Waals surface area contributed by atoms with Gasteiger partial charge in [0.25, 0.3) is 5.91 Å². The first-order chi connectivity index (χ1) is 15.1. The van der Waals surface area contributed by atoms with E-state index >= 15 is 0 Å². The summed E-state index contributed by atoms with van der Waals surface area (Å²) in [5, 5.41) is 15.0. The average Bonchev–Trinajstić information content (AvgIpc) is 2.82. The second kappa shape index (κ2) is 8.84. The van der Waals surface area contributed by atoms with Crippen LogP contribution in [0, 0.1) is 18.3 Å². The topological polar surface area (TPSA) is 104 Å². The maximum atomic E-state index is 12.5. The molecule has 0 radical (unpaired) electrons. The van der Waals surface area contributed by atoms with E-state index in [-0.39, 0.29) is 5.91 Å². The van der Waals surface area contributed by atoms with E-state index in [1.54, 1.807) is 42.9 Å². The lowest BCUT2D eigenvalue weighted by atomic mass is 10.1. The molecule has 0 aliphatic heterocycles. The van der Waals surface area contributed by atoms with E-state index in [1.807, 2.05) is 49.4 Å². The lowest BCUT2D eigenvalue weighted by molar-refractivity contribution is 0.102. The summed E-state index contributed by atoms with van der Waals surface area (Å²) in [5.41, 5.74) is 5.02. The number of benzene rings is 2. The highest BCUT2D eigenvalue weighted by Crippen LogP contribution is 2.24. The van der Waals surface area contributed by atoms with Gasteiger partial charge in [-0.1, -0.05) is 6.07 Å². The van der Waals surface area contributed by atoms with Crippen LogP contribution in [0.4, 0.5) is 17.3 Å². The number of carbonyl (C=O) groups is 1. The third-order valence-electron chi connectivity index (χ3n) is 4.63. The number of anilines is 3. The Morgan fingerprint density at radius 1 is 1.03 bits per heavy atom. The molecule has 0 bridgehead atoms. The van der Waals surface area contributed by atoms with Crippen molar-refractivity contribution in [3.63, 3.8) is 0 Å². The Hall–Kier alpha value is -4.57. The molecule has 7 nitrogen and oxygen atoms in total. The smallest absolute Gasteiger partial charge is 0.255 e. The van der Waals surface area contributed by atoms with Crippen molar-refractivity contribution in [1.29, 1.82) is 5.26 Å². The van der Waals surface area contributed by atoms with Crippen molar-refractivity contribution < 1.29 is 4.79 Å². The number of aryl methyl sites for hydroxylation is 1. The quantitative estimate of drug-likeness (QED) is 0.497. The van der Waals surface area contributed by atoms with Gasteiger partial charge in [0.2, 0.25) is 5.95 Å². The molecular formula is C24H18N6O. The first-order valence-corrected chi connectivity index (χ1v) is 9.55. The number of nitrogens with zero attached hydrogens (tertiary/aromatic N) is 4. The minimum Gasteiger partial charge on any atom is -0.324 e. The Balaban J connectivity index is 1.53. The Kier molecular flexibility index (Phi) is 5.63. The normalized spacial score (nSPS) is 10.2. The van der Waals surface area contributed by atoms with Gasteiger partial charge in [0.1, 0.15) is 0 Å². The summed E-state index contributed by atoms with van der Waals surface area (Å²) in [6.45, 7) is 1.96. The Morgan fingerprint density at radius 3 is 2.61 bits per heavy atom. The molecule has 2 aromatic heterocycles. The van der Waals surface area contributed by atoms with E-state index in [4.69, 9.17) is 5.26 Å². The van der Waals surface area contributed by atoms with Gasteiger partial charge in [-0.3, -0.25) is 9.78 Å². The van der Waals surface area contributed by atoms with E-state index in [2.05, 4.69) is 25.6 Å². The Labute approximate surface area is 179 Å². The van der Waals surface area contributed by atoms with Gasteiger partial charge >= 0.3 is 0 Å². The summed E-state index contributed by atoms with van der Waals surface area (Å²) < 4.78 is 0. The molecule has 0 saturated heterocycles. The van der Waals surface area contributed by atoms with Crippen molar-refractivity contribution in [3.05, 3.63) is 95.9 Å². The molecule has 1 amide bonds. The van der Waals surface area contributed by atoms with Gasteiger partial charge < -0.3 is 10.6 Å². The van der Waals surface area contributed by atoms with E-state index in [0.29, 0.717) is 22.8 Å². The van der Waals surface area contributed by atoms with Crippen LogP contribution in [0.2, 0.25) is 0 Å². The number of nitriles is 1. The maximum Gasteiger partial charge on any atom is 0.255 e. The Morgan fingerprint density at radius 2 is 1.87 bits per heavy atom. The standard InChI is InChI=1S/C24H18N6O/c1-16-4-9-20(28-23(31)18-7-5-17(14-25)6-8-18)13-22(16)30-24-27-12-10-21(29-24)19-3-2-11-26-15-19/h2-13,15H,1H3,(H,28,31)(H,27,29,30). The fraction of sp³-hybridized carbons (Fsp3) is 0.0417. The van der Waals surface area contributed by atoms with Crippen molar-refractivity contribution in [1.82, 2.24) is 15.0 Å². The number of hydrogen-bond acceptors (Lipinski definition) is 6. The largest absolute Gasteiger partial charge is 0.324 e. The highest BCUT2D eigenvalue weighted by Gasteiger charge is 2.09. The second-order valence-corrected chi connectivity index (χ2v) is 6.81. The molecule has 31 heavy (non-hydrogen) atoms. The molecule has 150 valence electrons. The number of aromatic nitrogens is 3. The van der Waals surface area contributed by atoms with Gasteiger partial charge in [-0.15, -0.1) is 0 Å². The number of nitrogens with one attached hydrogen (secondary N) is 2. The fourth-order valence-electron chi connectivity index (χ4n) is 2.95. The summed E-state index contributed by atoms with van der Waals surface area (Å²) in [4.78, 5) is 25.5. The van der Waals surface area contributed by atoms with Crippen molar-refractivity contribution in [3.8, 4) is 17.3 Å². The third-order valence-corrected chi connectivity index (χ3v) is 4.63. The van der Waals surface area contributed by atoms with Crippen LogP contribution < -0.4 is 10.6 Å². The van der Waals surface area contributed by atoms with Crippen LogP contribution >= 0.6 is 0 Å². The lowest BCUT2D eigenvalue weighted by Gasteiger charge is -2.12. The van der Waals surface area contributed by atoms with Crippen LogP contribution in [0.15, 0.2) is 79.3 Å². The predicted molar refractivity (Wildman–Crippen MR) is 119 cm³/mol. The van der Waals surface area contributed by atoms with E-state index < -0.39 is 0 Å².